The number of aromatic nitrogens is 1. The number of benzene rings is 2. The van der Waals surface area contributed by atoms with Crippen molar-refractivity contribution in [2.45, 2.75) is 6.42 Å². The Kier molecular flexibility index (Phi) is 4.64. The Bertz CT molecular complexity index is 1240. The Morgan fingerprint density at radius 2 is 1.86 bits per heavy atom. The van der Waals surface area contributed by atoms with Gasteiger partial charge < -0.3 is 15.0 Å². The third-order valence-electron chi connectivity index (χ3n) is 4.81. The van der Waals surface area contributed by atoms with Crippen molar-refractivity contribution in [2.75, 3.05) is 20.6 Å². The molecule has 2 heterocycles. The van der Waals surface area contributed by atoms with Crippen molar-refractivity contribution < 1.29 is 13.9 Å². The van der Waals surface area contributed by atoms with E-state index in [9.17, 15) is 18.7 Å². The molecule has 0 aliphatic rings. The number of pyridine rings is 1. The number of phenolic OH excluding ortho intramolecular Hbond substituents is 1. The number of likely N-dealkylation sites (N-methyl/N-ethyl adjacent to an activating group) is 1. The molecule has 144 valence electrons. The summed E-state index contributed by atoms with van der Waals surface area (Å²) in [5.41, 5.74) is 0.818. The van der Waals surface area contributed by atoms with Crippen LogP contribution in [0.2, 0.25) is 0 Å². The Morgan fingerprint density at radius 1 is 1.14 bits per heavy atom. The molecule has 7 heteroatoms. The first-order valence-electron chi connectivity index (χ1n) is 8.75. The van der Waals surface area contributed by atoms with Crippen LogP contribution >= 0.6 is 11.3 Å². The number of aromatic amines is 1. The van der Waals surface area contributed by atoms with Gasteiger partial charge in [-0.25, -0.2) is 8.78 Å². The minimum atomic E-state index is -0.653. The number of nitrogens with one attached hydrogen (secondary N) is 1. The second-order valence-corrected chi connectivity index (χ2v) is 7.89. The Labute approximate surface area is 163 Å². The fraction of sp³-hybridized carbons (Fsp3) is 0.190. The van der Waals surface area contributed by atoms with Gasteiger partial charge in [0, 0.05) is 34.0 Å². The molecule has 2 N–H and O–H groups in total. The van der Waals surface area contributed by atoms with E-state index in [2.05, 4.69) is 4.98 Å². The van der Waals surface area contributed by atoms with Crippen molar-refractivity contribution in [1.82, 2.24) is 9.88 Å². The Balaban J connectivity index is 1.98. The van der Waals surface area contributed by atoms with E-state index >= 15 is 0 Å². The van der Waals surface area contributed by atoms with Gasteiger partial charge >= 0.3 is 0 Å². The maximum absolute atomic E-state index is 14.7. The fourth-order valence-corrected chi connectivity index (χ4v) is 4.25. The predicted molar refractivity (Wildman–Crippen MR) is 109 cm³/mol. The molecule has 0 fully saturated rings. The average molecular weight is 400 g/mol. The van der Waals surface area contributed by atoms with E-state index in [-0.39, 0.29) is 28.9 Å². The number of hydrogen-bond donors (Lipinski definition) is 2. The molecule has 4 nitrogen and oxygen atoms in total. The zero-order chi connectivity index (χ0) is 20.0. The molecule has 0 amide bonds. The van der Waals surface area contributed by atoms with Crippen LogP contribution < -0.4 is 5.56 Å². The largest absolute Gasteiger partial charge is 0.507 e. The van der Waals surface area contributed by atoms with Crippen LogP contribution in [0.4, 0.5) is 8.78 Å². The summed E-state index contributed by atoms with van der Waals surface area (Å²) >= 11 is 1.28. The summed E-state index contributed by atoms with van der Waals surface area (Å²) in [6, 6.07) is 7.27. The van der Waals surface area contributed by atoms with Gasteiger partial charge in [-0.2, -0.15) is 0 Å². The first-order valence-corrected chi connectivity index (χ1v) is 9.63. The SMILES string of the molecule is CN(C)CCc1c(F)cc(-c2c(O)ccc3[nH]c(=O)c4sccc4c23)cc1F. The minimum absolute atomic E-state index is 0.0197. The first kappa shape index (κ1) is 18.6. The third-order valence-corrected chi connectivity index (χ3v) is 5.72. The standard InChI is InChI=1S/C21H18F2N2O2S/c1-25(2)7-5-12-14(22)9-11(10-15(12)23)18-17(26)4-3-16-19(18)13-6-8-28-20(13)21(27)24-16/h3-4,6,8-10,26H,5,7H2,1-2H3,(H,24,27). The molecule has 0 saturated heterocycles. The molecule has 4 aromatic rings. The fourth-order valence-electron chi connectivity index (χ4n) is 3.45. The van der Waals surface area contributed by atoms with Crippen molar-refractivity contribution in [2.24, 2.45) is 0 Å². The van der Waals surface area contributed by atoms with E-state index < -0.39 is 11.6 Å². The van der Waals surface area contributed by atoms with Gasteiger partial charge in [-0.15, -0.1) is 11.3 Å². The zero-order valence-electron chi connectivity index (χ0n) is 15.3. The van der Waals surface area contributed by atoms with E-state index in [4.69, 9.17) is 0 Å². The number of fused-ring (bicyclic) bond motifs is 3. The highest BCUT2D eigenvalue weighted by Gasteiger charge is 2.19. The highest BCUT2D eigenvalue weighted by Crippen LogP contribution is 2.40. The first-order chi connectivity index (χ1) is 13.4. The van der Waals surface area contributed by atoms with Crippen molar-refractivity contribution in [3.8, 4) is 16.9 Å². The second-order valence-electron chi connectivity index (χ2n) is 6.97. The van der Waals surface area contributed by atoms with E-state index in [1.54, 1.807) is 17.5 Å². The molecular weight excluding hydrogens is 382 g/mol. The van der Waals surface area contributed by atoms with E-state index in [1.807, 2.05) is 19.0 Å². The van der Waals surface area contributed by atoms with Crippen LogP contribution in [0, 0.1) is 11.6 Å². The smallest absolute Gasteiger partial charge is 0.266 e. The van der Waals surface area contributed by atoms with Crippen LogP contribution in [-0.2, 0) is 6.42 Å². The summed E-state index contributed by atoms with van der Waals surface area (Å²) in [7, 11) is 3.68. The molecule has 4 rings (SSSR count). The molecule has 0 unspecified atom stereocenters. The van der Waals surface area contributed by atoms with Gasteiger partial charge in [-0.1, -0.05) is 0 Å². The summed E-state index contributed by atoms with van der Waals surface area (Å²) in [5, 5.41) is 13.5. The van der Waals surface area contributed by atoms with Crippen molar-refractivity contribution in [3.05, 3.63) is 63.3 Å². The molecule has 28 heavy (non-hydrogen) atoms. The predicted octanol–water partition coefficient (Wildman–Crippen LogP) is 4.50. The number of hydrogen-bond acceptors (Lipinski definition) is 4. The lowest BCUT2D eigenvalue weighted by Gasteiger charge is -2.14. The van der Waals surface area contributed by atoms with Crippen LogP contribution in [0.25, 0.3) is 32.1 Å². The molecule has 2 aromatic carbocycles. The molecule has 2 aromatic heterocycles. The highest BCUT2D eigenvalue weighted by molar-refractivity contribution is 7.17. The number of phenols is 1. The monoisotopic (exact) mass is 400 g/mol. The topological polar surface area (TPSA) is 56.3 Å². The normalized spacial score (nSPS) is 11.8. The van der Waals surface area contributed by atoms with Crippen molar-refractivity contribution >= 4 is 32.3 Å². The number of rotatable bonds is 4. The van der Waals surface area contributed by atoms with Crippen LogP contribution in [-0.4, -0.2) is 35.6 Å². The van der Waals surface area contributed by atoms with E-state index in [1.165, 1.54) is 29.5 Å². The second kappa shape index (κ2) is 7.00. The lowest BCUT2D eigenvalue weighted by molar-refractivity contribution is 0.405. The lowest BCUT2D eigenvalue weighted by atomic mass is 9.95. The van der Waals surface area contributed by atoms with Crippen molar-refractivity contribution in [3.63, 3.8) is 0 Å². The number of halogens is 2. The van der Waals surface area contributed by atoms with Gasteiger partial charge in [-0.3, -0.25) is 4.79 Å². The highest BCUT2D eigenvalue weighted by atomic mass is 32.1. The summed E-state index contributed by atoms with van der Waals surface area (Å²) in [6.07, 6.45) is 0.245. The lowest BCUT2D eigenvalue weighted by Crippen LogP contribution is -2.16. The van der Waals surface area contributed by atoms with Gasteiger partial charge in [0.25, 0.3) is 5.56 Å². The molecule has 0 saturated carbocycles. The Hall–Kier alpha value is -2.77. The summed E-state index contributed by atoms with van der Waals surface area (Å²) in [5.74, 6) is -1.41. The van der Waals surface area contributed by atoms with Gasteiger partial charge in [-0.05, 0) is 61.8 Å². The summed E-state index contributed by atoms with van der Waals surface area (Å²) in [6.45, 7) is 0.517. The maximum Gasteiger partial charge on any atom is 0.266 e. The maximum atomic E-state index is 14.7. The van der Waals surface area contributed by atoms with Gasteiger partial charge in [0.15, 0.2) is 0 Å². The molecule has 0 aliphatic heterocycles. The van der Waals surface area contributed by atoms with E-state index in [0.29, 0.717) is 33.1 Å². The number of H-pyrrole nitrogens is 1. The molecule has 0 bridgehead atoms. The molecular formula is C21H18F2N2O2S. The van der Waals surface area contributed by atoms with Gasteiger partial charge in [0.2, 0.25) is 0 Å². The minimum Gasteiger partial charge on any atom is -0.507 e. The number of thiophene rings is 1. The van der Waals surface area contributed by atoms with Crippen molar-refractivity contribution in [1.29, 1.82) is 0 Å². The zero-order valence-corrected chi connectivity index (χ0v) is 16.2. The van der Waals surface area contributed by atoms with Crippen LogP contribution in [0.15, 0.2) is 40.5 Å². The van der Waals surface area contributed by atoms with Crippen LogP contribution in [0.5, 0.6) is 5.75 Å². The summed E-state index contributed by atoms with van der Waals surface area (Å²) in [4.78, 5) is 16.9. The average Bonchev–Trinajstić information content (AvgIpc) is 3.11. The number of aromatic hydroxyl groups is 1. The van der Waals surface area contributed by atoms with Gasteiger partial charge in [0.1, 0.15) is 22.1 Å². The molecule has 0 radical (unpaired) electrons. The molecule has 0 aliphatic carbocycles. The third kappa shape index (κ3) is 3.06. The summed E-state index contributed by atoms with van der Waals surface area (Å²) < 4.78 is 29.9. The number of nitrogens with zero attached hydrogens (tertiary/aromatic N) is 1. The van der Waals surface area contributed by atoms with Crippen LogP contribution in [0.3, 0.4) is 0 Å². The molecule has 0 spiro atoms. The quantitative estimate of drug-likeness (QED) is 0.530. The van der Waals surface area contributed by atoms with Crippen LogP contribution in [0.1, 0.15) is 5.56 Å². The molecule has 0 atom stereocenters. The van der Waals surface area contributed by atoms with Gasteiger partial charge in [0.05, 0.1) is 0 Å². The Morgan fingerprint density at radius 3 is 2.54 bits per heavy atom. The van der Waals surface area contributed by atoms with E-state index in [0.717, 1.165) is 0 Å².